The summed E-state index contributed by atoms with van der Waals surface area (Å²) in [7, 11) is 0. The van der Waals surface area contributed by atoms with Crippen LogP contribution < -0.4 is 4.74 Å². The number of hydrogen-bond donors (Lipinski definition) is 0. The molecular weight excluding hydrogens is 243 g/mol. The summed E-state index contributed by atoms with van der Waals surface area (Å²) < 4.78 is 17.7. The normalized spacial score (nSPS) is 10.6. The maximum atomic E-state index is 12.7. The molecule has 0 bridgehead atoms. The largest absolute Gasteiger partial charge is 0.423 e. The van der Waals surface area contributed by atoms with Crippen molar-refractivity contribution in [3.05, 3.63) is 71.6 Å². The molecule has 19 heavy (non-hydrogen) atoms. The molecule has 96 valence electrons. The second-order valence-corrected chi connectivity index (χ2v) is 4.12. The van der Waals surface area contributed by atoms with E-state index < -0.39 is 5.97 Å². The first-order valence-corrected chi connectivity index (χ1v) is 5.85. The van der Waals surface area contributed by atoms with Gasteiger partial charge in [0.2, 0.25) is 0 Å². The summed E-state index contributed by atoms with van der Waals surface area (Å²) in [5, 5.41) is 0. The Labute approximate surface area is 111 Å². The number of ether oxygens (including phenoxy) is 1. The molecule has 2 aromatic rings. The maximum Gasteiger partial charge on any atom is 0.336 e. The monoisotopic (exact) mass is 256 g/mol. The molecule has 2 aromatic carbocycles. The number of hydrogen-bond acceptors (Lipinski definition) is 2. The van der Waals surface area contributed by atoms with Crippen molar-refractivity contribution in [2.24, 2.45) is 0 Å². The van der Waals surface area contributed by atoms with E-state index in [-0.39, 0.29) is 5.82 Å². The number of rotatable bonds is 3. The van der Waals surface area contributed by atoms with Crippen LogP contribution in [0.25, 0.3) is 6.08 Å². The molecule has 0 aromatic heterocycles. The SMILES string of the molecule is Cc1ccc(/C=C/C(=O)Oc2ccc(F)cc2)cc1. The zero-order valence-corrected chi connectivity index (χ0v) is 10.5. The summed E-state index contributed by atoms with van der Waals surface area (Å²) >= 11 is 0. The predicted octanol–water partition coefficient (Wildman–Crippen LogP) is 3.75. The van der Waals surface area contributed by atoms with Crippen molar-refractivity contribution < 1.29 is 13.9 Å². The van der Waals surface area contributed by atoms with Gasteiger partial charge in [0.15, 0.2) is 0 Å². The van der Waals surface area contributed by atoms with Gasteiger partial charge < -0.3 is 4.74 Å². The standard InChI is InChI=1S/C16H13FO2/c1-12-2-4-13(5-3-12)6-11-16(18)19-15-9-7-14(17)8-10-15/h2-11H,1H3/b11-6+. The highest BCUT2D eigenvalue weighted by Crippen LogP contribution is 2.12. The number of halogens is 1. The third-order valence-corrected chi connectivity index (χ3v) is 2.52. The zero-order valence-electron chi connectivity index (χ0n) is 10.5. The van der Waals surface area contributed by atoms with E-state index in [1.807, 2.05) is 31.2 Å². The molecule has 0 amide bonds. The lowest BCUT2D eigenvalue weighted by Gasteiger charge is -2.00. The molecule has 0 spiro atoms. The minimum absolute atomic E-state index is 0.319. The summed E-state index contributed by atoms with van der Waals surface area (Å²) in [5.41, 5.74) is 2.08. The highest BCUT2D eigenvalue weighted by Gasteiger charge is 2.00. The van der Waals surface area contributed by atoms with Crippen LogP contribution in [0.5, 0.6) is 5.75 Å². The first-order valence-electron chi connectivity index (χ1n) is 5.85. The Hall–Kier alpha value is -2.42. The molecule has 0 radical (unpaired) electrons. The topological polar surface area (TPSA) is 26.3 Å². The van der Waals surface area contributed by atoms with Crippen LogP contribution in [0, 0.1) is 12.7 Å². The van der Waals surface area contributed by atoms with Crippen molar-refractivity contribution >= 4 is 12.0 Å². The van der Waals surface area contributed by atoms with Gasteiger partial charge in [0, 0.05) is 6.08 Å². The van der Waals surface area contributed by atoms with Gasteiger partial charge in [-0.1, -0.05) is 29.8 Å². The Bertz CT molecular complexity index is 583. The minimum Gasteiger partial charge on any atom is -0.423 e. The van der Waals surface area contributed by atoms with Gasteiger partial charge >= 0.3 is 5.97 Å². The van der Waals surface area contributed by atoms with Crippen LogP contribution in [0.2, 0.25) is 0 Å². The molecule has 0 unspecified atom stereocenters. The fraction of sp³-hybridized carbons (Fsp3) is 0.0625. The van der Waals surface area contributed by atoms with Crippen LogP contribution >= 0.6 is 0 Å². The molecule has 0 saturated heterocycles. The van der Waals surface area contributed by atoms with Crippen LogP contribution in [0.4, 0.5) is 4.39 Å². The fourth-order valence-corrected chi connectivity index (χ4v) is 1.49. The molecule has 0 aliphatic rings. The van der Waals surface area contributed by atoms with Gasteiger partial charge in [0.25, 0.3) is 0 Å². The summed E-state index contributed by atoms with van der Waals surface area (Å²) in [4.78, 5) is 11.5. The second-order valence-electron chi connectivity index (χ2n) is 4.12. The van der Waals surface area contributed by atoms with E-state index in [0.29, 0.717) is 5.75 Å². The molecule has 0 N–H and O–H groups in total. The van der Waals surface area contributed by atoms with E-state index in [4.69, 9.17) is 4.74 Å². The van der Waals surface area contributed by atoms with Gasteiger partial charge in [-0.25, -0.2) is 9.18 Å². The third-order valence-electron chi connectivity index (χ3n) is 2.52. The summed E-state index contributed by atoms with van der Waals surface area (Å²) in [6.07, 6.45) is 3.01. The molecule has 0 heterocycles. The predicted molar refractivity (Wildman–Crippen MR) is 72.2 cm³/mol. The number of carbonyl (C=O) groups is 1. The molecule has 2 nitrogen and oxygen atoms in total. The van der Waals surface area contributed by atoms with Crippen molar-refractivity contribution in [3.8, 4) is 5.75 Å². The Kier molecular flexibility index (Phi) is 4.08. The molecule has 0 fully saturated rings. The Morgan fingerprint density at radius 1 is 1.05 bits per heavy atom. The quantitative estimate of drug-likeness (QED) is 0.475. The highest BCUT2D eigenvalue weighted by atomic mass is 19.1. The van der Waals surface area contributed by atoms with Crippen LogP contribution in [-0.2, 0) is 4.79 Å². The minimum atomic E-state index is -0.493. The van der Waals surface area contributed by atoms with Gasteiger partial charge in [0.1, 0.15) is 11.6 Å². The van der Waals surface area contributed by atoms with Crippen LogP contribution in [0.3, 0.4) is 0 Å². The van der Waals surface area contributed by atoms with E-state index in [9.17, 15) is 9.18 Å². The third kappa shape index (κ3) is 4.07. The average molecular weight is 256 g/mol. The molecular formula is C16H13FO2. The molecule has 0 atom stereocenters. The van der Waals surface area contributed by atoms with Crippen LogP contribution in [-0.4, -0.2) is 5.97 Å². The first-order chi connectivity index (χ1) is 9.13. The smallest absolute Gasteiger partial charge is 0.336 e. The van der Waals surface area contributed by atoms with E-state index in [0.717, 1.165) is 11.1 Å². The first kappa shape index (κ1) is 13.0. The lowest BCUT2D eigenvalue weighted by atomic mass is 10.1. The number of carbonyl (C=O) groups excluding carboxylic acids is 1. The van der Waals surface area contributed by atoms with Crippen molar-refractivity contribution in [1.29, 1.82) is 0 Å². The molecule has 0 aliphatic heterocycles. The zero-order chi connectivity index (χ0) is 13.7. The van der Waals surface area contributed by atoms with Gasteiger partial charge in [-0.05, 0) is 42.8 Å². The van der Waals surface area contributed by atoms with Crippen molar-refractivity contribution in [2.75, 3.05) is 0 Å². The van der Waals surface area contributed by atoms with Gasteiger partial charge in [-0.3, -0.25) is 0 Å². The van der Waals surface area contributed by atoms with Crippen molar-refractivity contribution in [2.45, 2.75) is 6.92 Å². The van der Waals surface area contributed by atoms with E-state index in [1.165, 1.54) is 30.3 Å². The van der Waals surface area contributed by atoms with Crippen molar-refractivity contribution in [1.82, 2.24) is 0 Å². The van der Waals surface area contributed by atoms with Gasteiger partial charge in [0.05, 0.1) is 0 Å². The molecule has 0 saturated carbocycles. The lowest BCUT2D eigenvalue weighted by molar-refractivity contribution is -0.128. The highest BCUT2D eigenvalue weighted by molar-refractivity contribution is 5.88. The van der Waals surface area contributed by atoms with Crippen molar-refractivity contribution in [3.63, 3.8) is 0 Å². The van der Waals surface area contributed by atoms with Gasteiger partial charge in [-0.2, -0.15) is 0 Å². The Morgan fingerprint density at radius 3 is 2.32 bits per heavy atom. The fourth-order valence-electron chi connectivity index (χ4n) is 1.49. The average Bonchev–Trinajstić information content (AvgIpc) is 2.41. The van der Waals surface area contributed by atoms with E-state index >= 15 is 0 Å². The van der Waals surface area contributed by atoms with E-state index in [1.54, 1.807) is 6.08 Å². The second kappa shape index (κ2) is 5.96. The van der Waals surface area contributed by atoms with Gasteiger partial charge in [-0.15, -0.1) is 0 Å². The Morgan fingerprint density at radius 2 is 1.68 bits per heavy atom. The Balaban J connectivity index is 1.97. The molecule has 3 heteroatoms. The van der Waals surface area contributed by atoms with E-state index in [2.05, 4.69) is 0 Å². The summed E-state index contributed by atoms with van der Waals surface area (Å²) in [5.74, 6) is -0.540. The molecule has 0 aliphatic carbocycles. The number of esters is 1. The van der Waals surface area contributed by atoms with Crippen LogP contribution in [0.15, 0.2) is 54.6 Å². The lowest BCUT2D eigenvalue weighted by Crippen LogP contribution is -2.03. The maximum absolute atomic E-state index is 12.7. The number of aryl methyl sites for hydroxylation is 1. The number of benzene rings is 2. The summed E-state index contributed by atoms with van der Waals surface area (Å²) in [6.45, 7) is 2.00. The van der Waals surface area contributed by atoms with Crippen LogP contribution in [0.1, 0.15) is 11.1 Å². The summed E-state index contributed by atoms with van der Waals surface area (Å²) in [6, 6.07) is 13.1. The molecule has 2 rings (SSSR count).